The van der Waals surface area contributed by atoms with Crippen LogP contribution < -0.4 is 11.2 Å². The first-order valence-corrected chi connectivity index (χ1v) is 12.7. The van der Waals surface area contributed by atoms with Crippen LogP contribution in [0, 0.1) is 0 Å². The first-order chi connectivity index (χ1) is 19.0. The van der Waals surface area contributed by atoms with E-state index in [1.165, 1.54) is 11.7 Å². The summed E-state index contributed by atoms with van der Waals surface area (Å²) in [5.41, 5.74) is 3.20. The van der Waals surface area contributed by atoms with E-state index in [-0.39, 0.29) is 5.52 Å². The third kappa shape index (κ3) is 4.76. The summed E-state index contributed by atoms with van der Waals surface area (Å²) in [6.07, 6.45) is 1.43. The second-order valence-electron chi connectivity index (χ2n) is 9.01. The fraction of sp³-hybridized carbons (Fsp3) is 0.296. The fourth-order valence-electron chi connectivity index (χ4n) is 4.72. The van der Waals surface area contributed by atoms with Crippen LogP contribution in [0.5, 0.6) is 0 Å². The number of tetrazole rings is 1. The molecule has 1 N–H and O–H groups in total. The van der Waals surface area contributed by atoms with Crippen LogP contribution in [0.25, 0.3) is 33.7 Å². The number of hydrogen-bond acceptors (Lipinski definition) is 8. The summed E-state index contributed by atoms with van der Waals surface area (Å²) in [6.45, 7) is 4.04. The number of carbonyl (C=O) groups excluding carboxylic acids is 1. The quantitative estimate of drug-likeness (QED) is 0.287. The van der Waals surface area contributed by atoms with E-state index in [0.717, 1.165) is 33.2 Å². The number of aromatic amines is 1. The molecule has 0 saturated heterocycles. The van der Waals surface area contributed by atoms with E-state index in [1.54, 1.807) is 6.92 Å². The Morgan fingerprint density at radius 1 is 0.974 bits per heavy atom. The van der Waals surface area contributed by atoms with E-state index < -0.39 is 23.8 Å². The van der Waals surface area contributed by atoms with Crippen LogP contribution in [-0.2, 0) is 35.6 Å². The van der Waals surface area contributed by atoms with Crippen LogP contribution >= 0.6 is 0 Å². The molecule has 3 aromatic heterocycles. The van der Waals surface area contributed by atoms with Crippen molar-refractivity contribution >= 4 is 17.1 Å². The molecular weight excluding hydrogens is 500 g/mol. The standard InChI is InChI=1S/C27H28N8O4/c1-4-8-21-28-25-23(26(37)35(16-22(36)39-3)27(38)33(25)5-2)34(21)15-17-11-13-18(14-12-17)19-9-6-7-10-20(19)24-29-31-32-30-24/h6-7,9-14H,4-5,8,15-16H2,1-3H3,(H,29,30,31,32). The molecule has 0 aliphatic heterocycles. The number of fused-ring (bicyclic) bond motifs is 1. The van der Waals surface area contributed by atoms with Crippen LogP contribution in [0.1, 0.15) is 31.7 Å². The van der Waals surface area contributed by atoms with Crippen molar-refractivity contribution in [2.45, 2.75) is 46.3 Å². The van der Waals surface area contributed by atoms with E-state index in [9.17, 15) is 14.4 Å². The minimum atomic E-state index is -0.673. The lowest BCUT2D eigenvalue weighted by atomic mass is 9.98. The third-order valence-corrected chi connectivity index (χ3v) is 6.62. The topological polar surface area (TPSA) is 143 Å². The average Bonchev–Trinajstić information content (AvgIpc) is 3.61. The summed E-state index contributed by atoms with van der Waals surface area (Å²) in [6, 6.07) is 15.8. The fourth-order valence-corrected chi connectivity index (χ4v) is 4.72. The molecule has 0 spiro atoms. The zero-order chi connectivity index (χ0) is 27.5. The molecule has 0 saturated carbocycles. The summed E-state index contributed by atoms with van der Waals surface area (Å²) < 4.78 is 8.91. The van der Waals surface area contributed by atoms with Gasteiger partial charge in [0.15, 0.2) is 11.2 Å². The van der Waals surface area contributed by atoms with E-state index >= 15 is 0 Å². The predicted molar refractivity (Wildman–Crippen MR) is 144 cm³/mol. The van der Waals surface area contributed by atoms with Gasteiger partial charge in [0.05, 0.1) is 7.11 Å². The molecule has 0 unspecified atom stereocenters. The highest BCUT2D eigenvalue weighted by Crippen LogP contribution is 2.30. The number of aromatic nitrogens is 8. The molecule has 0 aliphatic rings. The number of methoxy groups -OCH3 is 1. The molecule has 0 aliphatic carbocycles. The lowest BCUT2D eigenvalue weighted by molar-refractivity contribution is -0.141. The highest BCUT2D eigenvalue weighted by atomic mass is 16.5. The van der Waals surface area contributed by atoms with Crippen molar-refractivity contribution in [2.75, 3.05) is 7.11 Å². The maximum Gasteiger partial charge on any atom is 0.333 e. The molecule has 12 nitrogen and oxygen atoms in total. The van der Waals surface area contributed by atoms with E-state index in [0.29, 0.717) is 36.8 Å². The number of esters is 1. The van der Waals surface area contributed by atoms with E-state index in [2.05, 4.69) is 20.6 Å². The molecule has 0 amide bonds. The third-order valence-electron chi connectivity index (χ3n) is 6.62. The molecule has 3 heterocycles. The lowest BCUT2D eigenvalue weighted by Gasteiger charge is -2.12. The Labute approximate surface area is 222 Å². The Bertz CT molecular complexity index is 1750. The number of aryl methyl sites for hydroxylation is 2. The molecule has 39 heavy (non-hydrogen) atoms. The minimum Gasteiger partial charge on any atom is -0.468 e. The van der Waals surface area contributed by atoms with Gasteiger partial charge in [-0.05, 0) is 35.2 Å². The van der Waals surface area contributed by atoms with Gasteiger partial charge in [0.2, 0.25) is 5.82 Å². The number of rotatable bonds is 9. The molecule has 0 atom stereocenters. The Kier molecular flexibility index (Phi) is 7.17. The molecule has 2 aromatic carbocycles. The summed E-state index contributed by atoms with van der Waals surface area (Å²) >= 11 is 0. The number of H-pyrrole nitrogens is 1. The lowest BCUT2D eigenvalue weighted by Crippen LogP contribution is -2.42. The summed E-state index contributed by atoms with van der Waals surface area (Å²) in [4.78, 5) is 43.3. The van der Waals surface area contributed by atoms with Crippen LogP contribution in [0.2, 0.25) is 0 Å². The van der Waals surface area contributed by atoms with Gasteiger partial charge in [-0.2, -0.15) is 5.21 Å². The zero-order valence-corrected chi connectivity index (χ0v) is 21.9. The monoisotopic (exact) mass is 528 g/mol. The van der Waals surface area contributed by atoms with Crippen molar-refractivity contribution in [3.63, 3.8) is 0 Å². The van der Waals surface area contributed by atoms with Crippen LogP contribution in [0.4, 0.5) is 0 Å². The van der Waals surface area contributed by atoms with Crippen molar-refractivity contribution in [3.8, 4) is 22.5 Å². The normalized spacial score (nSPS) is 11.3. The first-order valence-electron chi connectivity index (χ1n) is 12.7. The molecule has 5 rings (SSSR count). The van der Waals surface area contributed by atoms with Gasteiger partial charge in [-0.25, -0.2) is 14.3 Å². The number of benzene rings is 2. The smallest absolute Gasteiger partial charge is 0.333 e. The van der Waals surface area contributed by atoms with Crippen LogP contribution in [0.15, 0.2) is 58.1 Å². The van der Waals surface area contributed by atoms with Crippen molar-refractivity contribution < 1.29 is 9.53 Å². The second-order valence-corrected chi connectivity index (χ2v) is 9.01. The van der Waals surface area contributed by atoms with Crippen molar-refractivity contribution in [2.24, 2.45) is 0 Å². The Morgan fingerprint density at radius 2 is 1.72 bits per heavy atom. The number of ether oxygens (including phenoxy) is 1. The minimum absolute atomic E-state index is 0.287. The molecule has 12 heteroatoms. The van der Waals surface area contributed by atoms with Crippen molar-refractivity contribution in [3.05, 3.63) is 80.8 Å². The average molecular weight is 529 g/mol. The van der Waals surface area contributed by atoms with Gasteiger partial charge in [-0.15, -0.1) is 10.2 Å². The van der Waals surface area contributed by atoms with Gasteiger partial charge in [-0.1, -0.05) is 55.5 Å². The highest BCUT2D eigenvalue weighted by Gasteiger charge is 2.22. The molecule has 0 bridgehead atoms. The first kappa shape index (κ1) is 25.8. The molecular formula is C27H28N8O4. The zero-order valence-electron chi connectivity index (χ0n) is 21.9. The summed E-state index contributed by atoms with van der Waals surface area (Å²) in [7, 11) is 1.22. The maximum atomic E-state index is 13.5. The summed E-state index contributed by atoms with van der Waals surface area (Å²) in [5.74, 6) is 0.537. The molecule has 5 aromatic rings. The van der Waals surface area contributed by atoms with E-state index in [4.69, 9.17) is 9.72 Å². The number of carbonyl (C=O) groups is 1. The molecule has 200 valence electrons. The van der Waals surface area contributed by atoms with Gasteiger partial charge in [0.25, 0.3) is 5.56 Å². The second kappa shape index (κ2) is 10.9. The number of nitrogens with one attached hydrogen (secondary N) is 1. The van der Waals surface area contributed by atoms with Crippen molar-refractivity contribution in [1.82, 2.24) is 39.3 Å². The number of nitrogens with zero attached hydrogens (tertiary/aromatic N) is 7. The van der Waals surface area contributed by atoms with Gasteiger partial charge in [-0.3, -0.25) is 14.2 Å². The van der Waals surface area contributed by atoms with Crippen LogP contribution in [-0.4, -0.2) is 52.4 Å². The SMILES string of the molecule is CCCc1nc2c(c(=O)n(CC(=O)OC)c(=O)n2CC)n1Cc1ccc(-c2ccccc2-c2nn[nH]n2)cc1. The van der Waals surface area contributed by atoms with Gasteiger partial charge >= 0.3 is 11.7 Å². The highest BCUT2D eigenvalue weighted by molar-refractivity contribution is 5.80. The van der Waals surface area contributed by atoms with Gasteiger partial charge in [0.1, 0.15) is 12.4 Å². The van der Waals surface area contributed by atoms with Crippen molar-refractivity contribution in [1.29, 1.82) is 0 Å². The van der Waals surface area contributed by atoms with Crippen LogP contribution in [0.3, 0.4) is 0 Å². The number of hydrogen-bond donors (Lipinski definition) is 1. The Morgan fingerprint density at radius 3 is 2.36 bits per heavy atom. The Balaban J connectivity index is 1.59. The molecule has 0 fully saturated rings. The van der Waals surface area contributed by atoms with E-state index in [1.807, 2.05) is 60.0 Å². The predicted octanol–water partition coefficient (Wildman–Crippen LogP) is 2.40. The Hall–Kier alpha value is -4.87. The number of imidazole rings is 1. The largest absolute Gasteiger partial charge is 0.468 e. The maximum absolute atomic E-state index is 13.5. The summed E-state index contributed by atoms with van der Waals surface area (Å²) in [5, 5.41) is 14.4. The van der Waals surface area contributed by atoms with Gasteiger partial charge in [0, 0.05) is 25.1 Å². The van der Waals surface area contributed by atoms with Gasteiger partial charge < -0.3 is 9.30 Å². The molecule has 0 radical (unpaired) electrons.